The molecule has 2 heterocycles. The van der Waals surface area contributed by atoms with Gasteiger partial charge in [-0.3, -0.25) is 14.2 Å². The molecule has 7 nitrogen and oxygen atoms in total. The second-order valence-corrected chi connectivity index (χ2v) is 7.42. The van der Waals surface area contributed by atoms with E-state index >= 15 is 0 Å². The molecule has 0 amide bonds. The fourth-order valence-electron chi connectivity index (χ4n) is 3.39. The molecule has 0 unspecified atom stereocenters. The highest BCUT2D eigenvalue weighted by Crippen LogP contribution is 2.17. The normalized spacial score (nSPS) is 11.4. The first-order valence-electron chi connectivity index (χ1n) is 9.32. The van der Waals surface area contributed by atoms with Crippen LogP contribution >= 0.6 is 11.6 Å². The molecule has 0 saturated carbocycles. The molecule has 4 rings (SSSR count). The third-order valence-corrected chi connectivity index (χ3v) is 5.09. The number of carbonyl (C=O) groups is 1. The van der Waals surface area contributed by atoms with Crippen LogP contribution in [0.25, 0.3) is 16.7 Å². The zero-order valence-electron chi connectivity index (χ0n) is 16.1. The van der Waals surface area contributed by atoms with Gasteiger partial charge < -0.3 is 0 Å². The fraction of sp³-hybridized carbons (Fsp3) is 0.238. The lowest BCUT2D eigenvalue weighted by molar-refractivity contribution is 0.0966. The summed E-state index contributed by atoms with van der Waals surface area (Å²) in [6, 6.07) is 11.9. The summed E-state index contributed by atoms with van der Waals surface area (Å²) in [5.74, 6) is -0.0133. The van der Waals surface area contributed by atoms with Gasteiger partial charge in [0.05, 0.1) is 10.9 Å². The van der Waals surface area contributed by atoms with Gasteiger partial charge in [0.1, 0.15) is 6.54 Å². The number of nitrogens with zero attached hydrogens (tertiary/aromatic N) is 4. The summed E-state index contributed by atoms with van der Waals surface area (Å²) < 4.78 is 3.93. The van der Waals surface area contributed by atoms with E-state index < -0.39 is 5.69 Å². The Bertz CT molecular complexity index is 1360. The molecular weight excluding hydrogens is 392 g/mol. The van der Waals surface area contributed by atoms with Gasteiger partial charge in [-0.1, -0.05) is 48.4 Å². The number of aromatic nitrogens is 4. The molecule has 2 aromatic heterocycles. The van der Waals surface area contributed by atoms with Gasteiger partial charge in [-0.05, 0) is 31.5 Å². The van der Waals surface area contributed by atoms with Crippen molar-refractivity contribution in [1.82, 2.24) is 18.7 Å². The summed E-state index contributed by atoms with van der Waals surface area (Å²) in [6.45, 7) is 4.05. The molecule has 148 valence electrons. The highest BCUT2D eigenvalue weighted by Gasteiger charge is 2.19. The van der Waals surface area contributed by atoms with Crippen molar-refractivity contribution in [2.24, 2.45) is 0 Å². The summed E-state index contributed by atoms with van der Waals surface area (Å²) in [5.41, 5.74) is 1.22. The fourth-order valence-corrected chi connectivity index (χ4v) is 3.56. The lowest BCUT2D eigenvalue weighted by atomic mass is 10.1. The third kappa shape index (κ3) is 3.27. The zero-order chi connectivity index (χ0) is 20.7. The van der Waals surface area contributed by atoms with Crippen LogP contribution in [0.4, 0.5) is 0 Å². The summed E-state index contributed by atoms with van der Waals surface area (Å²) in [6.07, 6.45) is 0.686. The van der Waals surface area contributed by atoms with Crippen molar-refractivity contribution in [1.29, 1.82) is 0 Å². The van der Waals surface area contributed by atoms with Crippen LogP contribution in [0, 0.1) is 6.92 Å². The van der Waals surface area contributed by atoms with Gasteiger partial charge >= 0.3 is 5.69 Å². The van der Waals surface area contributed by atoms with Crippen LogP contribution in [0.1, 0.15) is 29.3 Å². The van der Waals surface area contributed by atoms with Crippen molar-refractivity contribution >= 4 is 34.1 Å². The van der Waals surface area contributed by atoms with E-state index in [4.69, 9.17) is 11.6 Å². The van der Waals surface area contributed by atoms with Crippen LogP contribution in [-0.4, -0.2) is 24.5 Å². The first kappa shape index (κ1) is 19.1. The van der Waals surface area contributed by atoms with Crippen LogP contribution in [0.5, 0.6) is 0 Å². The van der Waals surface area contributed by atoms with Crippen molar-refractivity contribution in [2.75, 3.05) is 0 Å². The minimum atomic E-state index is -0.474. The molecular formula is C21H19ClN4O3. The number of rotatable bonds is 5. The van der Waals surface area contributed by atoms with E-state index in [2.05, 4.69) is 5.10 Å². The van der Waals surface area contributed by atoms with Crippen molar-refractivity contribution in [2.45, 2.75) is 33.4 Å². The Morgan fingerprint density at radius 3 is 2.52 bits per heavy atom. The van der Waals surface area contributed by atoms with Crippen molar-refractivity contribution in [3.05, 3.63) is 79.5 Å². The molecule has 8 heteroatoms. The van der Waals surface area contributed by atoms with E-state index in [-0.39, 0.29) is 23.7 Å². The minimum absolute atomic E-state index is 0.209. The Kier molecular flexibility index (Phi) is 4.84. The molecule has 2 aromatic carbocycles. The number of aryl methyl sites for hydroxylation is 2. The van der Waals surface area contributed by atoms with Crippen molar-refractivity contribution in [3.8, 4) is 0 Å². The number of hydrogen-bond acceptors (Lipinski definition) is 4. The molecule has 0 bridgehead atoms. The highest BCUT2D eigenvalue weighted by molar-refractivity contribution is 6.31. The van der Waals surface area contributed by atoms with Crippen LogP contribution in [0.15, 0.2) is 52.1 Å². The van der Waals surface area contributed by atoms with E-state index in [1.807, 2.05) is 26.0 Å². The molecule has 0 aliphatic rings. The molecule has 0 fully saturated rings. The molecule has 0 spiro atoms. The molecule has 29 heavy (non-hydrogen) atoms. The molecule has 0 radical (unpaired) electrons. The van der Waals surface area contributed by atoms with Gasteiger partial charge in [-0.15, -0.1) is 5.10 Å². The predicted molar refractivity (Wildman–Crippen MR) is 112 cm³/mol. The average Bonchev–Trinajstić information content (AvgIpc) is 3.02. The maximum atomic E-state index is 13.1. The zero-order valence-corrected chi connectivity index (χ0v) is 16.8. The Morgan fingerprint density at radius 2 is 1.83 bits per heavy atom. The van der Waals surface area contributed by atoms with Gasteiger partial charge in [0.15, 0.2) is 5.78 Å². The largest absolute Gasteiger partial charge is 0.352 e. The molecule has 0 atom stereocenters. The number of halogens is 1. The maximum Gasteiger partial charge on any atom is 0.352 e. The van der Waals surface area contributed by atoms with Crippen LogP contribution in [0.3, 0.4) is 0 Å². The SMILES string of the molecule is CCCn1c(=O)c2cc(Cl)ccc2n2c(=O)n(CC(=O)c3ccc(C)cc3)nc12. The standard InChI is InChI=1S/C21H19ClN4O3/c1-3-10-24-19(28)16-11-15(22)8-9-17(16)26-20(24)23-25(21(26)29)12-18(27)14-6-4-13(2)5-7-14/h4-9,11H,3,10,12H2,1-2H3. The van der Waals surface area contributed by atoms with Crippen LogP contribution in [0.2, 0.25) is 5.02 Å². The second kappa shape index (κ2) is 7.33. The number of Topliss-reactive ketones (excluding diaryl/α,β-unsaturated/α-hetero) is 1. The summed E-state index contributed by atoms with van der Waals surface area (Å²) >= 11 is 6.06. The number of fused-ring (bicyclic) bond motifs is 3. The van der Waals surface area contributed by atoms with E-state index in [1.165, 1.54) is 8.97 Å². The van der Waals surface area contributed by atoms with E-state index in [9.17, 15) is 14.4 Å². The van der Waals surface area contributed by atoms with E-state index in [1.54, 1.807) is 30.3 Å². The number of benzene rings is 2. The average molecular weight is 411 g/mol. The number of carbonyl (C=O) groups excluding carboxylic acids is 1. The van der Waals surface area contributed by atoms with Crippen LogP contribution in [-0.2, 0) is 13.1 Å². The second-order valence-electron chi connectivity index (χ2n) is 6.98. The molecule has 0 aliphatic heterocycles. The first-order valence-corrected chi connectivity index (χ1v) is 9.70. The first-order chi connectivity index (χ1) is 13.9. The van der Waals surface area contributed by atoms with Gasteiger partial charge in [0.25, 0.3) is 5.56 Å². The summed E-state index contributed by atoms with van der Waals surface area (Å²) in [4.78, 5) is 38.7. The Labute approximate surface area is 170 Å². The summed E-state index contributed by atoms with van der Waals surface area (Å²) in [5, 5.41) is 5.07. The Morgan fingerprint density at radius 1 is 1.10 bits per heavy atom. The van der Waals surface area contributed by atoms with Gasteiger partial charge in [-0.2, -0.15) is 0 Å². The van der Waals surface area contributed by atoms with Crippen molar-refractivity contribution in [3.63, 3.8) is 0 Å². The smallest absolute Gasteiger partial charge is 0.292 e. The molecule has 4 aromatic rings. The molecule has 0 saturated heterocycles. The quantitative estimate of drug-likeness (QED) is 0.474. The number of hydrogen-bond donors (Lipinski definition) is 0. The monoisotopic (exact) mass is 410 g/mol. The van der Waals surface area contributed by atoms with Crippen LogP contribution < -0.4 is 11.2 Å². The van der Waals surface area contributed by atoms with Gasteiger partial charge in [0, 0.05) is 17.1 Å². The number of ketones is 1. The summed E-state index contributed by atoms with van der Waals surface area (Å²) in [7, 11) is 0. The van der Waals surface area contributed by atoms with E-state index in [0.29, 0.717) is 34.5 Å². The maximum absolute atomic E-state index is 13.1. The topological polar surface area (TPSA) is 78.4 Å². The lowest BCUT2D eigenvalue weighted by Crippen LogP contribution is -2.27. The molecule has 0 aliphatic carbocycles. The van der Waals surface area contributed by atoms with Crippen molar-refractivity contribution < 1.29 is 4.79 Å². The Balaban J connectivity index is 1.92. The molecule has 0 N–H and O–H groups in total. The predicted octanol–water partition coefficient (Wildman–Crippen LogP) is 3.07. The Hall–Kier alpha value is -3.19. The lowest BCUT2D eigenvalue weighted by Gasteiger charge is -2.08. The minimum Gasteiger partial charge on any atom is -0.292 e. The third-order valence-electron chi connectivity index (χ3n) is 4.85. The highest BCUT2D eigenvalue weighted by atomic mass is 35.5. The van der Waals surface area contributed by atoms with Gasteiger partial charge in [-0.25, -0.2) is 13.9 Å². The van der Waals surface area contributed by atoms with Gasteiger partial charge in [0.2, 0.25) is 5.78 Å². The van der Waals surface area contributed by atoms with E-state index in [0.717, 1.165) is 10.2 Å².